The smallest absolute Gasteiger partial charge is 0.390 e. The van der Waals surface area contributed by atoms with Crippen LogP contribution in [0.25, 0.3) is 0 Å². The maximum absolute atomic E-state index is 13.8. The van der Waals surface area contributed by atoms with Crippen molar-refractivity contribution in [2.75, 3.05) is 17.1 Å². The lowest BCUT2D eigenvalue weighted by Gasteiger charge is -2.26. The molecule has 4 rings (SSSR count). The van der Waals surface area contributed by atoms with E-state index < -0.39 is 39.8 Å². The molecule has 0 aromatic heterocycles. The van der Waals surface area contributed by atoms with Crippen LogP contribution in [0.4, 0.5) is 24.5 Å². The standard InChI is InChI=1S/C35H38F3N3O4S/c1-24(2)27-19-28(21-31(20-27)41(46(3,44)45)30-15-8-5-9-16-30)34(43)40-32(18-25-11-6-4-7-12-25)33(42)23-39-22-26-13-10-14-29(17-26)35(36,37)38/h4-17,19-21,24,32-33,39,42H,18,22-23H2,1-3H3,(H,40,43)/t32-,33-/m0/s1. The van der Waals surface area contributed by atoms with Crippen molar-refractivity contribution in [1.82, 2.24) is 10.6 Å². The molecule has 7 nitrogen and oxygen atoms in total. The van der Waals surface area contributed by atoms with E-state index in [0.717, 1.165) is 29.5 Å². The summed E-state index contributed by atoms with van der Waals surface area (Å²) in [5.74, 6) is -0.544. The molecule has 0 aliphatic rings. The van der Waals surface area contributed by atoms with Crippen LogP contribution in [0.5, 0.6) is 0 Å². The summed E-state index contributed by atoms with van der Waals surface area (Å²) in [4.78, 5) is 13.8. The Kier molecular flexibility index (Phi) is 11.3. The zero-order chi connectivity index (χ0) is 33.5. The van der Waals surface area contributed by atoms with E-state index in [1.807, 2.05) is 44.2 Å². The zero-order valence-corrected chi connectivity index (χ0v) is 26.6. The lowest BCUT2D eigenvalue weighted by Crippen LogP contribution is -2.48. The van der Waals surface area contributed by atoms with Crippen molar-refractivity contribution in [1.29, 1.82) is 0 Å². The maximum Gasteiger partial charge on any atom is 0.416 e. The van der Waals surface area contributed by atoms with E-state index in [9.17, 15) is 31.5 Å². The van der Waals surface area contributed by atoms with Crippen LogP contribution in [-0.2, 0) is 29.2 Å². The SMILES string of the molecule is CC(C)c1cc(C(=O)N[C@@H](Cc2ccccc2)[C@@H](O)CNCc2cccc(C(F)(F)F)c2)cc(N(c2ccccc2)S(C)(=O)=O)c1. The average molecular weight is 654 g/mol. The molecule has 0 aliphatic heterocycles. The van der Waals surface area contributed by atoms with Crippen LogP contribution in [0.1, 0.15) is 52.4 Å². The third-order valence-electron chi connectivity index (χ3n) is 7.44. The summed E-state index contributed by atoms with van der Waals surface area (Å²) in [5, 5.41) is 17.1. The minimum atomic E-state index is -4.47. The highest BCUT2D eigenvalue weighted by Crippen LogP contribution is 2.32. The van der Waals surface area contributed by atoms with Crippen LogP contribution in [0.3, 0.4) is 0 Å². The number of benzene rings is 4. The number of carbonyl (C=O) groups is 1. The molecule has 0 aliphatic carbocycles. The molecule has 11 heteroatoms. The van der Waals surface area contributed by atoms with E-state index >= 15 is 0 Å². The quantitative estimate of drug-likeness (QED) is 0.155. The molecule has 4 aromatic carbocycles. The summed E-state index contributed by atoms with van der Waals surface area (Å²) in [5.41, 5.74) is 2.18. The Morgan fingerprint density at radius 3 is 2.09 bits per heavy atom. The molecule has 0 saturated heterocycles. The van der Waals surface area contributed by atoms with Crippen molar-refractivity contribution in [2.45, 2.75) is 51.1 Å². The lowest BCUT2D eigenvalue weighted by atomic mass is 9.97. The molecular weight excluding hydrogens is 615 g/mol. The number of anilines is 2. The van der Waals surface area contributed by atoms with Gasteiger partial charge in [0, 0.05) is 18.7 Å². The first kappa shape index (κ1) is 34.7. The molecule has 0 spiro atoms. The average Bonchev–Trinajstić information content (AvgIpc) is 3.00. The molecule has 244 valence electrons. The Hall–Kier alpha value is -4.19. The second kappa shape index (κ2) is 14.9. The summed E-state index contributed by atoms with van der Waals surface area (Å²) < 4.78 is 66.5. The van der Waals surface area contributed by atoms with Gasteiger partial charge in [-0.2, -0.15) is 13.2 Å². The third-order valence-corrected chi connectivity index (χ3v) is 8.53. The largest absolute Gasteiger partial charge is 0.416 e. The van der Waals surface area contributed by atoms with Gasteiger partial charge in [-0.05, 0) is 65.4 Å². The molecule has 2 atom stereocenters. The highest BCUT2D eigenvalue weighted by molar-refractivity contribution is 7.92. The van der Waals surface area contributed by atoms with Gasteiger partial charge in [0.2, 0.25) is 10.0 Å². The molecule has 0 unspecified atom stereocenters. The van der Waals surface area contributed by atoms with Crippen molar-refractivity contribution >= 4 is 27.3 Å². The number of sulfonamides is 1. The summed E-state index contributed by atoms with van der Waals surface area (Å²) in [7, 11) is -3.79. The highest BCUT2D eigenvalue weighted by Gasteiger charge is 2.30. The van der Waals surface area contributed by atoms with E-state index in [2.05, 4.69) is 10.6 Å². The summed E-state index contributed by atoms with van der Waals surface area (Å²) in [6.45, 7) is 3.94. The van der Waals surface area contributed by atoms with Crippen LogP contribution >= 0.6 is 0 Å². The fourth-order valence-electron chi connectivity index (χ4n) is 5.08. The second-order valence-electron chi connectivity index (χ2n) is 11.5. The van der Waals surface area contributed by atoms with Crippen LogP contribution < -0.4 is 14.9 Å². The lowest BCUT2D eigenvalue weighted by molar-refractivity contribution is -0.137. The first-order valence-electron chi connectivity index (χ1n) is 14.8. The van der Waals surface area contributed by atoms with E-state index in [-0.39, 0.29) is 31.0 Å². The molecule has 0 heterocycles. The Bertz CT molecular complexity index is 1720. The number of rotatable bonds is 13. The van der Waals surface area contributed by atoms with Gasteiger partial charge in [0.25, 0.3) is 5.91 Å². The molecule has 0 bridgehead atoms. The predicted molar refractivity (Wildman–Crippen MR) is 175 cm³/mol. The topological polar surface area (TPSA) is 98.7 Å². The molecule has 46 heavy (non-hydrogen) atoms. The number of hydrogen-bond acceptors (Lipinski definition) is 5. The number of carbonyl (C=O) groups excluding carboxylic acids is 1. The van der Waals surface area contributed by atoms with Gasteiger partial charge < -0.3 is 15.7 Å². The molecular formula is C35H38F3N3O4S. The van der Waals surface area contributed by atoms with Crippen LogP contribution in [-0.4, -0.2) is 44.4 Å². The number of aliphatic hydroxyl groups excluding tert-OH is 1. The van der Waals surface area contributed by atoms with Gasteiger partial charge in [0.05, 0.1) is 35.3 Å². The predicted octanol–water partition coefficient (Wildman–Crippen LogP) is 6.42. The van der Waals surface area contributed by atoms with Crippen molar-refractivity contribution in [3.8, 4) is 0 Å². The van der Waals surface area contributed by atoms with E-state index in [0.29, 0.717) is 16.9 Å². The van der Waals surface area contributed by atoms with E-state index in [1.54, 1.807) is 48.5 Å². The summed E-state index contributed by atoms with van der Waals surface area (Å²) in [6.07, 6.45) is -4.21. The molecule has 0 fully saturated rings. The van der Waals surface area contributed by atoms with Gasteiger partial charge in [-0.3, -0.25) is 4.79 Å². The Balaban J connectivity index is 1.59. The zero-order valence-electron chi connectivity index (χ0n) is 25.8. The molecule has 1 amide bonds. The maximum atomic E-state index is 13.8. The second-order valence-corrected chi connectivity index (χ2v) is 13.3. The molecule has 4 aromatic rings. The molecule has 3 N–H and O–H groups in total. The summed E-state index contributed by atoms with van der Waals surface area (Å²) >= 11 is 0. The number of hydrogen-bond donors (Lipinski definition) is 3. The van der Waals surface area contributed by atoms with Crippen LogP contribution in [0, 0.1) is 0 Å². The van der Waals surface area contributed by atoms with Crippen molar-refractivity contribution < 1.29 is 31.5 Å². The van der Waals surface area contributed by atoms with Gasteiger partial charge in [-0.15, -0.1) is 0 Å². The van der Waals surface area contributed by atoms with Crippen LogP contribution in [0.2, 0.25) is 0 Å². The Morgan fingerprint density at radius 1 is 0.848 bits per heavy atom. The minimum absolute atomic E-state index is 0.0127. The molecule has 0 saturated carbocycles. The third kappa shape index (κ3) is 9.41. The number of alkyl halides is 3. The van der Waals surface area contributed by atoms with Gasteiger partial charge in [0.15, 0.2) is 0 Å². The van der Waals surface area contributed by atoms with Crippen molar-refractivity contribution in [3.05, 3.63) is 131 Å². The van der Waals surface area contributed by atoms with Gasteiger partial charge in [0.1, 0.15) is 0 Å². The van der Waals surface area contributed by atoms with E-state index in [4.69, 9.17) is 0 Å². The number of para-hydroxylation sites is 1. The highest BCUT2D eigenvalue weighted by atomic mass is 32.2. The number of nitrogens with one attached hydrogen (secondary N) is 2. The number of halogens is 3. The van der Waals surface area contributed by atoms with Crippen LogP contribution in [0.15, 0.2) is 103 Å². The van der Waals surface area contributed by atoms with Crippen molar-refractivity contribution in [2.24, 2.45) is 0 Å². The first-order valence-corrected chi connectivity index (χ1v) is 16.7. The number of nitrogens with zero attached hydrogens (tertiary/aromatic N) is 1. The minimum Gasteiger partial charge on any atom is -0.390 e. The van der Waals surface area contributed by atoms with Crippen molar-refractivity contribution in [3.63, 3.8) is 0 Å². The normalized spacial score (nSPS) is 13.3. The fourth-order valence-corrected chi connectivity index (χ4v) is 6.07. The fraction of sp³-hybridized carbons (Fsp3) is 0.286. The first-order chi connectivity index (χ1) is 21.7. The summed E-state index contributed by atoms with van der Waals surface area (Å²) in [6, 6.07) is 26.9. The monoisotopic (exact) mass is 653 g/mol. The van der Waals surface area contributed by atoms with E-state index in [1.165, 1.54) is 16.4 Å². The Labute approximate surface area is 268 Å². The number of amides is 1. The Morgan fingerprint density at radius 2 is 1.48 bits per heavy atom. The van der Waals surface area contributed by atoms with Gasteiger partial charge in [-0.1, -0.05) is 80.6 Å². The van der Waals surface area contributed by atoms with Gasteiger partial charge >= 0.3 is 6.18 Å². The van der Waals surface area contributed by atoms with Gasteiger partial charge in [-0.25, -0.2) is 12.7 Å². The molecule has 0 radical (unpaired) electrons. The number of aliphatic hydroxyl groups is 1.